The van der Waals surface area contributed by atoms with Crippen LogP contribution in [0.3, 0.4) is 0 Å². The van der Waals surface area contributed by atoms with E-state index in [1.165, 1.54) is 0 Å². The van der Waals surface area contributed by atoms with Crippen LogP contribution in [0.25, 0.3) is 0 Å². The minimum absolute atomic E-state index is 0.0254. The van der Waals surface area contributed by atoms with Gasteiger partial charge in [0, 0.05) is 24.8 Å². The van der Waals surface area contributed by atoms with E-state index in [9.17, 15) is 4.79 Å². The number of methoxy groups -OCH3 is 1. The Morgan fingerprint density at radius 3 is 2.94 bits per heavy atom. The van der Waals surface area contributed by atoms with Gasteiger partial charge in [0.25, 0.3) is 5.91 Å². The molecule has 0 aromatic carbocycles. The summed E-state index contributed by atoms with van der Waals surface area (Å²) in [5, 5.41) is 0.203. The predicted molar refractivity (Wildman–Crippen MR) is 70.4 cm³/mol. The van der Waals surface area contributed by atoms with Crippen LogP contribution in [0.15, 0.2) is 16.7 Å². The van der Waals surface area contributed by atoms with Crippen LogP contribution < -0.4 is 0 Å². The number of halogens is 2. The zero-order valence-electron chi connectivity index (χ0n) is 9.91. The Balaban J connectivity index is 2.92. The number of amides is 1. The largest absolute Gasteiger partial charge is 0.383 e. The van der Waals surface area contributed by atoms with E-state index >= 15 is 0 Å². The van der Waals surface area contributed by atoms with E-state index < -0.39 is 0 Å². The van der Waals surface area contributed by atoms with Gasteiger partial charge in [-0.2, -0.15) is 0 Å². The Kier molecular flexibility index (Phi) is 5.36. The highest BCUT2D eigenvalue weighted by atomic mass is 79.9. The van der Waals surface area contributed by atoms with Gasteiger partial charge in [-0.15, -0.1) is 0 Å². The van der Waals surface area contributed by atoms with Crippen LogP contribution in [0.5, 0.6) is 0 Å². The molecule has 17 heavy (non-hydrogen) atoms. The van der Waals surface area contributed by atoms with Crippen molar-refractivity contribution in [2.24, 2.45) is 0 Å². The summed E-state index contributed by atoms with van der Waals surface area (Å²) in [6.45, 7) is 2.38. The first kappa shape index (κ1) is 14.4. The molecule has 0 saturated heterocycles. The van der Waals surface area contributed by atoms with Crippen molar-refractivity contribution >= 4 is 33.4 Å². The molecule has 0 aliphatic rings. The highest BCUT2D eigenvalue weighted by Crippen LogP contribution is 2.20. The molecule has 1 heterocycles. The molecule has 94 valence electrons. The van der Waals surface area contributed by atoms with Crippen molar-refractivity contribution < 1.29 is 9.53 Å². The smallest absolute Gasteiger partial charge is 0.257 e. The Morgan fingerprint density at radius 2 is 2.35 bits per heavy atom. The molecule has 4 nitrogen and oxygen atoms in total. The van der Waals surface area contributed by atoms with Crippen LogP contribution in [-0.2, 0) is 4.74 Å². The summed E-state index contributed by atoms with van der Waals surface area (Å²) in [7, 11) is 3.31. The van der Waals surface area contributed by atoms with Crippen molar-refractivity contribution in [1.29, 1.82) is 0 Å². The van der Waals surface area contributed by atoms with Crippen molar-refractivity contribution in [3.05, 3.63) is 27.5 Å². The summed E-state index contributed by atoms with van der Waals surface area (Å²) in [6, 6.07) is 1.63. The summed E-state index contributed by atoms with van der Waals surface area (Å²) in [5.41, 5.74) is 0.381. The quantitative estimate of drug-likeness (QED) is 0.801. The molecule has 0 N–H and O–H groups in total. The molecular weight excluding hydrogens is 307 g/mol. The number of hydrogen-bond donors (Lipinski definition) is 0. The third-order valence-corrected chi connectivity index (χ3v) is 3.16. The van der Waals surface area contributed by atoms with E-state index in [2.05, 4.69) is 20.9 Å². The molecule has 0 fully saturated rings. The third kappa shape index (κ3) is 3.66. The van der Waals surface area contributed by atoms with Crippen molar-refractivity contribution in [2.45, 2.75) is 13.0 Å². The second kappa shape index (κ2) is 6.33. The number of carbonyl (C=O) groups is 1. The van der Waals surface area contributed by atoms with Gasteiger partial charge in [-0.3, -0.25) is 4.79 Å². The summed E-state index contributed by atoms with van der Waals surface area (Å²) < 4.78 is 5.73. The molecule has 1 aromatic rings. The van der Waals surface area contributed by atoms with Crippen molar-refractivity contribution in [2.75, 3.05) is 20.8 Å². The Bertz CT molecular complexity index is 414. The van der Waals surface area contributed by atoms with E-state index in [1.54, 1.807) is 31.3 Å². The first-order valence-electron chi connectivity index (χ1n) is 5.04. The maximum Gasteiger partial charge on any atom is 0.257 e. The fraction of sp³-hybridized carbons (Fsp3) is 0.455. The Morgan fingerprint density at radius 1 is 1.71 bits per heavy atom. The van der Waals surface area contributed by atoms with Crippen molar-refractivity contribution in [1.82, 2.24) is 9.88 Å². The normalized spacial score (nSPS) is 12.3. The van der Waals surface area contributed by atoms with Crippen LogP contribution in [0, 0.1) is 0 Å². The molecule has 1 rings (SSSR count). The van der Waals surface area contributed by atoms with E-state index in [1.807, 2.05) is 6.92 Å². The van der Waals surface area contributed by atoms with Gasteiger partial charge in [-0.25, -0.2) is 4.98 Å². The highest BCUT2D eigenvalue weighted by molar-refractivity contribution is 9.10. The molecule has 1 amide bonds. The molecule has 1 unspecified atom stereocenters. The lowest BCUT2D eigenvalue weighted by molar-refractivity contribution is 0.0633. The number of ether oxygens (including phenoxy) is 1. The minimum atomic E-state index is -0.173. The summed E-state index contributed by atoms with van der Waals surface area (Å²) in [4.78, 5) is 17.7. The number of rotatable bonds is 4. The van der Waals surface area contributed by atoms with Gasteiger partial charge in [0.15, 0.2) is 0 Å². The number of carbonyl (C=O) groups excluding carboxylic acids is 1. The second-order valence-corrected chi connectivity index (χ2v) is 4.99. The average molecular weight is 322 g/mol. The lowest BCUT2D eigenvalue weighted by Crippen LogP contribution is -2.38. The van der Waals surface area contributed by atoms with Gasteiger partial charge < -0.3 is 9.64 Å². The lowest BCUT2D eigenvalue weighted by atomic mass is 10.2. The molecular formula is C11H14BrClN2O2. The van der Waals surface area contributed by atoms with Crippen molar-refractivity contribution in [3.63, 3.8) is 0 Å². The zero-order valence-corrected chi connectivity index (χ0v) is 12.2. The second-order valence-electron chi connectivity index (χ2n) is 3.71. The zero-order chi connectivity index (χ0) is 13.0. The fourth-order valence-corrected chi connectivity index (χ4v) is 1.83. The molecule has 0 spiro atoms. The van der Waals surface area contributed by atoms with Gasteiger partial charge in [0.2, 0.25) is 0 Å². The minimum Gasteiger partial charge on any atom is -0.383 e. The maximum absolute atomic E-state index is 12.2. The van der Waals surface area contributed by atoms with Crippen LogP contribution >= 0.6 is 27.5 Å². The molecule has 1 atom stereocenters. The Labute approximate surface area is 114 Å². The number of nitrogens with zero attached hydrogens (tertiary/aromatic N) is 2. The molecule has 0 aliphatic carbocycles. The molecule has 6 heteroatoms. The van der Waals surface area contributed by atoms with Gasteiger partial charge >= 0.3 is 0 Å². The summed E-state index contributed by atoms with van der Waals surface area (Å²) >= 11 is 9.17. The van der Waals surface area contributed by atoms with Crippen LogP contribution in [0.1, 0.15) is 17.3 Å². The molecule has 0 saturated carbocycles. The van der Waals surface area contributed by atoms with Gasteiger partial charge in [0.05, 0.1) is 18.2 Å². The molecule has 0 bridgehead atoms. The van der Waals surface area contributed by atoms with Crippen LogP contribution in [0.4, 0.5) is 0 Å². The number of aromatic nitrogens is 1. The van der Waals surface area contributed by atoms with Gasteiger partial charge in [0.1, 0.15) is 5.15 Å². The van der Waals surface area contributed by atoms with Crippen molar-refractivity contribution in [3.8, 4) is 0 Å². The third-order valence-electron chi connectivity index (χ3n) is 2.43. The topological polar surface area (TPSA) is 42.4 Å². The molecule has 1 aromatic heterocycles. The highest BCUT2D eigenvalue weighted by Gasteiger charge is 2.20. The van der Waals surface area contributed by atoms with E-state index in [-0.39, 0.29) is 17.1 Å². The van der Waals surface area contributed by atoms with Crippen LogP contribution in [-0.4, -0.2) is 42.6 Å². The molecule has 0 radical (unpaired) electrons. The maximum atomic E-state index is 12.2. The Hall–Kier alpha value is -0.650. The van der Waals surface area contributed by atoms with Gasteiger partial charge in [-0.1, -0.05) is 11.6 Å². The predicted octanol–water partition coefficient (Wildman–Crippen LogP) is 2.60. The monoisotopic (exact) mass is 320 g/mol. The summed E-state index contributed by atoms with van der Waals surface area (Å²) in [6.07, 6.45) is 1.55. The standard InChI is InChI=1S/C11H14BrClN2O2/c1-7(6-17-3)15(2)11(16)9-4-8(12)5-14-10(9)13/h4-5,7H,6H2,1-3H3. The van der Waals surface area contributed by atoms with E-state index in [0.717, 1.165) is 4.47 Å². The van der Waals surface area contributed by atoms with E-state index in [4.69, 9.17) is 16.3 Å². The SMILES string of the molecule is COCC(C)N(C)C(=O)c1cc(Br)cnc1Cl. The van der Waals surface area contributed by atoms with Gasteiger partial charge in [-0.05, 0) is 28.9 Å². The summed E-state index contributed by atoms with van der Waals surface area (Å²) in [5.74, 6) is -0.173. The first-order valence-corrected chi connectivity index (χ1v) is 6.21. The van der Waals surface area contributed by atoms with Crippen LogP contribution in [0.2, 0.25) is 5.15 Å². The molecule has 0 aliphatic heterocycles. The lowest BCUT2D eigenvalue weighted by Gasteiger charge is -2.24. The van der Waals surface area contributed by atoms with E-state index in [0.29, 0.717) is 12.2 Å². The number of hydrogen-bond acceptors (Lipinski definition) is 3. The number of pyridine rings is 1. The average Bonchev–Trinajstić information content (AvgIpc) is 2.30. The fourth-order valence-electron chi connectivity index (χ4n) is 1.32. The number of likely N-dealkylation sites (N-methyl/N-ethyl adjacent to an activating group) is 1. The first-order chi connectivity index (χ1) is 7.97.